The molecule has 0 saturated heterocycles. The molecule has 0 atom stereocenters. The molecule has 1 N–H and O–H groups in total. The molecule has 0 radical (unpaired) electrons. The van der Waals surface area contributed by atoms with Gasteiger partial charge in [-0.2, -0.15) is 0 Å². The normalized spacial score (nSPS) is 10.3. The Hall–Kier alpha value is -0.900. The van der Waals surface area contributed by atoms with Crippen LogP contribution in [0, 0.1) is 4.64 Å². The number of aromatic nitrogens is 2. The second-order valence-corrected chi connectivity index (χ2v) is 4.23. The van der Waals surface area contributed by atoms with Crippen LogP contribution in [0.2, 0.25) is 10.0 Å². The zero-order valence-electron chi connectivity index (χ0n) is 7.50. The van der Waals surface area contributed by atoms with Crippen LogP contribution in [-0.4, -0.2) is 9.97 Å². The minimum atomic E-state index is 0.579. The molecule has 15 heavy (non-hydrogen) atoms. The lowest BCUT2D eigenvalue weighted by atomic mass is 10.1. The van der Waals surface area contributed by atoms with Gasteiger partial charge >= 0.3 is 0 Å². The van der Waals surface area contributed by atoms with Crippen LogP contribution in [0.4, 0.5) is 0 Å². The van der Waals surface area contributed by atoms with Gasteiger partial charge in [0.1, 0.15) is 4.64 Å². The van der Waals surface area contributed by atoms with Crippen molar-refractivity contribution in [3.05, 3.63) is 45.4 Å². The summed E-state index contributed by atoms with van der Waals surface area (Å²) in [6.45, 7) is 0. The van der Waals surface area contributed by atoms with Crippen molar-refractivity contribution in [2.75, 3.05) is 0 Å². The third-order valence-corrected chi connectivity index (χ3v) is 2.67. The maximum atomic E-state index is 5.90. The zero-order valence-corrected chi connectivity index (χ0v) is 9.83. The van der Waals surface area contributed by atoms with E-state index < -0.39 is 0 Å². The number of aromatic amines is 1. The van der Waals surface area contributed by atoms with Gasteiger partial charge in [0.15, 0.2) is 0 Å². The monoisotopic (exact) mass is 256 g/mol. The van der Waals surface area contributed by atoms with Crippen LogP contribution in [0.25, 0.3) is 11.1 Å². The first-order chi connectivity index (χ1) is 7.16. The lowest BCUT2D eigenvalue weighted by molar-refractivity contribution is 1.15. The van der Waals surface area contributed by atoms with Crippen LogP contribution in [0.3, 0.4) is 0 Å². The smallest absolute Gasteiger partial charge is 0.113 e. The molecule has 1 heterocycles. The van der Waals surface area contributed by atoms with Crippen LogP contribution in [0.1, 0.15) is 0 Å². The van der Waals surface area contributed by atoms with Crippen molar-refractivity contribution in [2.45, 2.75) is 0 Å². The van der Waals surface area contributed by atoms with E-state index in [1.54, 1.807) is 24.4 Å². The summed E-state index contributed by atoms with van der Waals surface area (Å²) in [5, 5.41) is 1.16. The highest BCUT2D eigenvalue weighted by Crippen LogP contribution is 2.26. The largest absolute Gasteiger partial charge is 0.337 e. The number of benzene rings is 1. The quantitative estimate of drug-likeness (QED) is 0.778. The molecule has 0 saturated carbocycles. The summed E-state index contributed by atoms with van der Waals surface area (Å²) < 4.78 is 0.614. The van der Waals surface area contributed by atoms with E-state index in [0.717, 1.165) is 11.1 Å². The summed E-state index contributed by atoms with van der Waals surface area (Å²) >= 11 is 16.9. The van der Waals surface area contributed by atoms with Gasteiger partial charge in [0, 0.05) is 21.8 Å². The van der Waals surface area contributed by atoms with E-state index in [0.29, 0.717) is 14.7 Å². The van der Waals surface area contributed by atoms with Crippen molar-refractivity contribution in [3.63, 3.8) is 0 Å². The van der Waals surface area contributed by atoms with E-state index in [1.807, 2.05) is 0 Å². The first-order valence-corrected chi connectivity index (χ1v) is 5.32. The van der Waals surface area contributed by atoms with Gasteiger partial charge in [-0.3, -0.25) is 0 Å². The van der Waals surface area contributed by atoms with Crippen LogP contribution in [-0.2, 0) is 0 Å². The summed E-state index contributed by atoms with van der Waals surface area (Å²) in [5.41, 5.74) is 1.68. The Morgan fingerprint density at radius 3 is 2.40 bits per heavy atom. The molecule has 0 amide bonds. The van der Waals surface area contributed by atoms with Gasteiger partial charge in [-0.05, 0) is 23.8 Å². The molecule has 2 nitrogen and oxygen atoms in total. The molecule has 2 rings (SSSR count). The third kappa shape index (κ3) is 2.37. The fourth-order valence-electron chi connectivity index (χ4n) is 1.26. The number of nitrogens with one attached hydrogen (secondary N) is 1. The fourth-order valence-corrected chi connectivity index (χ4v) is 2.01. The maximum Gasteiger partial charge on any atom is 0.113 e. The second-order valence-electron chi connectivity index (χ2n) is 2.95. The molecular formula is C10H6Cl2N2S. The van der Waals surface area contributed by atoms with Crippen molar-refractivity contribution in [3.8, 4) is 11.1 Å². The SMILES string of the molecule is S=c1[nH]cncc1-c1cc(Cl)cc(Cl)c1. The van der Waals surface area contributed by atoms with Crippen molar-refractivity contribution in [2.24, 2.45) is 0 Å². The van der Waals surface area contributed by atoms with Crippen LogP contribution in [0.15, 0.2) is 30.7 Å². The van der Waals surface area contributed by atoms with Crippen LogP contribution in [0.5, 0.6) is 0 Å². The first kappa shape index (κ1) is 10.6. The highest BCUT2D eigenvalue weighted by atomic mass is 35.5. The number of hydrogen-bond acceptors (Lipinski definition) is 2. The summed E-state index contributed by atoms with van der Waals surface area (Å²) in [4.78, 5) is 6.83. The molecule has 0 aliphatic carbocycles. The number of halogens is 2. The van der Waals surface area contributed by atoms with Gasteiger partial charge in [0.2, 0.25) is 0 Å². The van der Waals surface area contributed by atoms with E-state index >= 15 is 0 Å². The Kier molecular flexibility index (Phi) is 3.05. The molecule has 0 aliphatic heterocycles. The topological polar surface area (TPSA) is 28.7 Å². The average molecular weight is 257 g/mol. The first-order valence-electron chi connectivity index (χ1n) is 4.16. The van der Waals surface area contributed by atoms with E-state index in [4.69, 9.17) is 35.4 Å². The van der Waals surface area contributed by atoms with E-state index in [1.165, 1.54) is 6.33 Å². The molecule has 1 aromatic heterocycles. The average Bonchev–Trinajstić information content (AvgIpc) is 2.16. The molecule has 1 aromatic carbocycles. The van der Waals surface area contributed by atoms with E-state index in [9.17, 15) is 0 Å². The Morgan fingerprint density at radius 2 is 1.80 bits per heavy atom. The third-order valence-electron chi connectivity index (χ3n) is 1.89. The molecule has 0 spiro atoms. The van der Waals surface area contributed by atoms with Gasteiger partial charge in [0.25, 0.3) is 0 Å². The van der Waals surface area contributed by atoms with E-state index in [-0.39, 0.29) is 0 Å². The molecule has 0 aliphatic rings. The predicted octanol–water partition coefficient (Wildman–Crippen LogP) is 4.11. The Labute approximate surface area is 102 Å². The summed E-state index contributed by atoms with van der Waals surface area (Å²) in [7, 11) is 0. The van der Waals surface area contributed by atoms with Crippen LogP contribution < -0.4 is 0 Å². The Balaban J connectivity index is 2.64. The van der Waals surface area contributed by atoms with Gasteiger partial charge in [0.05, 0.1) is 6.33 Å². The summed E-state index contributed by atoms with van der Waals surface area (Å²) in [5.74, 6) is 0. The van der Waals surface area contributed by atoms with Crippen LogP contribution >= 0.6 is 35.4 Å². The standard InChI is InChI=1S/C10H6Cl2N2S/c11-7-1-6(2-8(12)3-7)9-4-13-5-14-10(9)15/h1-5H,(H,13,14,15). The number of nitrogens with zero attached hydrogens (tertiary/aromatic N) is 1. The molecule has 0 fully saturated rings. The van der Waals surface area contributed by atoms with Gasteiger partial charge in [-0.15, -0.1) is 0 Å². The Bertz CT molecular complexity index is 531. The molecule has 76 valence electrons. The maximum absolute atomic E-state index is 5.90. The van der Waals surface area contributed by atoms with E-state index in [2.05, 4.69) is 9.97 Å². The molecule has 5 heteroatoms. The molecule has 0 unspecified atom stereocenters. The number of hydrogen-bond donors (Lipinski definition) is 1. The number of H-pyrrole nitrogens is 1. The minimum absolute atomic E-state index is 0.579. The van der Waals surface area contributed by atoms with Crippen molar-refractivity contribution in [1.82, 2.24) is 9.97 Å². The fraction of sp³-hybridized carbons (Fsp3) is 0. The van der Waals surface area contributed by atoms with Crippen molar-refractivity contribution in [1.29, 1.82) is 0 Å². The highest BCUT2D eigenvalue weighted by Gasteiger charge is 2.03. The number of rotatable bonds is 1. The molecule has 2 aromatic rings. The van der Waals surface area contributed by atoms with Crippen molar-refractivity contribution < 1.29 is 0 Å². The molecule has 0 bridgehead atoms. The summed E-state index contributed by atoms with van der Waals surface area (Å²) in [6, 6.07) is 5.28. The Morgan fingerprint density at radius 1 is 1.13 bits per heavy atom. The van der Waals surface area contributed by atoms with Gasteiger partial charge in [-0.1, -0.05) is 35.4 Å². The van der Waals surface area contributed by atoms with Gasteiger partial charge in [-0.25, -0.2) is 4.98 Å². The summed E-state index contributed by atoms with van der Waals surface area (Å²) in [6.07, 6.45) is 3.22. The predicted molar refractivity (Wildman–Crippen MR) is 64.9 cm³/mol. The molecular weight excluding hydrogens is 251 g/mol. The van der Waals surface area contributed by atoms with Crippen molar-refractivity contribution >= 4 is 35.4 Å². The second kappa shape index (κ2) is 4.31. The zero-order chi connectivity index (χ0) is 10.8. The lowest BCUT2D eigenvalue weighted by Crippen LogP contribution is -1.85. The van der Waals surface area contributed by atoms with Gasteiger partial charge < -0.3 is 4.98 Å². The lowest BCUT2D eigenvalue weighted by Gasteiger charge is -2.02. The highest BCUT2D eigenvalue weighted by molar-refractivity contribution is 7.71. The minimum Gasteiger partial charge on any atom is -0.337 e.